The van der Waals surface area contributed by atoms with Crippen molar-refractivity contribution < 1.29 is 13.2 Å². The lowest BCUT2D eigenvalue weighted by Crippen LogP contribution is -2.38. The van der Waals surface area contributed by atoms with Gasteiger partial charge in [-0.1, -0.05) is 0 Å². The fraction of sp³-hybridized carbons (Fsp3) is 0.619. The van der Waals surface area contributed by atoms with Crippen molar-refractivity contribution in [3.63, 3.8) is 0 Å². The summed E-state index contributed by atoms with van der Waals surface area (Å²) >= 11 is 0. The number of carbonyl (C=O) groups is 1. The number of aromatic nitrogens is 4. The molecule has 0 spiro atoms. The van der Waals surface area contributed by atoms with Gasteiger partial charge in [-0.15, -0.1) is 0 Å². The number of rotatable bonds is 5. The van der Waals surface area contributed by atoms with Gasteiger partial charge >= 0.3 is 0 Å². The van der Waals surface area contributed by atoms with E-state index in [1.807, 2.05) is 23.4 Å². The normalized spacial score (nSPS) is 18.0. The van der Waals surface area contributed by atoms with Gasteiger partial charge in [0.25, 0.3) is 5.91 Å². The Hall–Kier alpha value is -2.49. The van der Waals surface area contributed by atoms with Crippen molar-refractivity contribution in [1.82, 2.24) is 24.6 Å². The molecular formula is C21H30N6O3S. The molecule has 0 N–H and O–H groups in total. The molecule has 2 aliphatic rings. The van der Waals surface area contributed by atoms with Crippen molar-refractivity contribution >= 4 is 21.7 Å². The molecule has 168 valence electrons. The summed E-state index contributed by atoms with van der Waals surface area (Å²) in [7, 11) is -3.44. The lowest BCUT2D eigenvalue weighted by molar-refractivity contribution is 0.0710. The number of nitrogens with zero attached hydrogens (tertiary/aromatic N) is 6. The first-order valence-electron chi connectivity index (χ1n) is 10.9. The first-order valence-corrected chi connectivity index (χ1v) is 12.8. The van der Waals surface area contributed by atoms with Crippen LogP contribution in [0.5, 0.6) is 0 Å². The smallest absolute Gasteiger partial charge is 0.257 e. The topological polar surface area (TPSA) is 101 Å². The molecule has 2 aromatic heterocycles. The van der Waals surface area contributed by atoms with Crippen LogP contribution in [0, 0.1) is 6.92 Å². The maximum atomic E-state index is 13.0. The monoisotopic (exact) mass is 446 g/mol. The van der Waals surface area contributed by atoms with E-state index in [2.05, 4.69) is 15.0 Å². The average Bonchev–Trinajstić information content (AvgIpc) is 3.42. The molecule has 0 radical (unpaired) electrons. The molecule has 0 saturated carbocycles. The van der Waals surface area contributed by atoms with Gasteiger partial charge in [0.05, 0.1) is 23.7 Å². The lowest BCUT2D eigenvalue weighted by atomic mass is 9.93. The van der Waals surface area contributed by atoms with Crippen molar-refractivity contribution in [2.75, 3.05) is 37.3 Å². The van der Waals surface area contributed by atoms with Crippen LogP contribution < -0.4 is 4.90 Å². The maximum Gasteiger partial charge on any atom is 0.257 e. The zero-order valence-corrected chi connectivity index (χ0v) is 19.2. The van der Waals surface area contributed by atoms with Crippen LogP contribution >= 0.6 is 0 Å². The van der Waals surface area contributed by atoms with E-state index in [4.69, 9.17) is 4.98 Å². The van der Waals surface area contributed by atoms with Crippen LogP contribution in [0.25, 0.3) is 0 Å². The Morgan fingerprint density at radius 1 is 1.13 bits per heavy atom. The zero-order chi connectivity index (χ0) is 22.2. The van der Waals surface area contributed by atoms with E-state index in [9.17, 15) is 13.2 Å². The van der Waals surface area contributed by atoms with Crippen molar-refractivity contribution in [2.24, 2.45) is 0 Å². The number of carbonyl (C=O) groups excluding carboxylic acids is 1. The second-order valence-electron chi connectivity index (χ2n) is 8.41. The number of sulfone groups is 1. The highest BCUT2D eigenvalue weighted by Gasteiger charge is 2.31. The predicted octanol–water partition coefficient (Wildman–Crippen LogP) is 2.02. The number of hydrogen-bond donors (Lipinski definition) is 0. The summed E-state index contributed by atoms with van der Waals surface area (Å²) in [5.41, 5.74) is 2.11. The van der Waals surface area contributed by atoms with E-state index >= 15 is 0 Å². The van der Waals surface area contributed by atoms with Gasteiger partial charge in [0, 0.05) is 50.6 Å². The molecule has 10 heteroatoms. The molecular weight excluding hydrogens is 416 g/mol. The summed E-state index contributed by atoms with van der Waals surface area (Å²) < 4.78 is 26.6. The number of anilines is 1. The van der Waals surface area contributed by atoms with E-state index < -0.39 is 9.84 Å². The first kappa shape index (κ1) is 21.7. The van der Waals surface area contributed by atoms with Crippen molar-refractivity contribution in [1.29, 1.82) is 0 Å². The number of amides is 1. The van der Waals surface area contributed by atoms with Crippen LogP contribution in [0.4, 0.5) is 5.95 Å². The highest BCUT2D eigenvalue weighted by molar-refractivity contribution is 7.90. The van der Waals surface area contributed by atoms with Gasteiger partial charge in [-0.05, 0) is 39.5 Å². The summed E-state index contributed by atoms with van der Waals surface area (Å²) in [6.45, 7) is 7.55. The van der Waals surface area contributed by atoms with Gasteiger partial charge in [-0.25, -0.2) is 18.4 Å². The largest absolute Gasteiger partial charge is 0.341 e. The third kappa shape index (κ3) is 4.30. The molecule has 2 fully saturated rings. The predicted molar refractivity (Wildman–Crippen MR) is 117 cm³/mol. The molecule has 4 rings (SSSR count). The quantitative estimate of drug-likeness (QED) is 0.692. The third-order valence-electron chi connectivity index (χ3n) is 6.36. The van der Waals surface area contributed by atoms with Gasteiger partial charge in [-0.3, -0.25) is 9.48 Å². The summed E-state index contributed by atoms with van der Waals surface area (Å²) in [5.74, 6) is 0.582. The fourth-order valence-electron chi connectivity index (χ4n) is 4.52. The van der Waals surface area contributed by atoms with Crippen LogP contribution in [0.3, 0.4) is 0 Å². The summed E-state index contributed by atoms with van der Waals surface area (Å²) in [5, 5.41) is 4.28. The molecule has 0 aliphatic carbocycles. The number of likely N-dealkylation sites (tertiary alicyclic amines) is 1. The molecule has 2 aliphatic heterocycles. The van der Waals surface area contributed by atoms with Gasteiger partial charge in [-0.2, -0.15) is 5.10 Å². The Bertz CT molecular complexity index is 1070. The zero-order valence-electron chi connectivity index (χ0n) is 18.4. The molecule has 0 aromatic carbocycles. The van der Waals surface area contributed by atoms with Crippen molar-refractivity contribution in [2.45, 2.75) is 56.9 Å². The molecule has 9 nitrogen and oxygen atoms in total. The van der Waals surface area contributed by atoms with Crippen molar-refractivity contribution in [3.8, 4) is 0 Å². The van der Waals surface area contributed by atoms with E-state index in [0.717, 1.165) is 38.2 Å². The molecule has 2 saturated heterocycles. The molecule has 1 amide bonds. The molecule has 2 aromatic rings. The third-order valence-corrected chi connectivity index (χ3v) is 7.47. The molecule has 0 atom stereocenters. The van der Waals surface area contributed by atoms with Gasteiger partial charge in [0.15, 0.2) is 9.84 Å². The Morgan fingerprint density at radius 2 is 1.81 bits per heavy atom. The summed E-state index contributed by atoms with van der Waals surface area (Å²) in [6, 6.07) is 0. The van der Waals surface area contributed by atoms with Crippen LogP contribution in [0.1, 0.15) is 60.3 Å². The molecule has 31 heavy (non-hydrogen) atoms. The molecule has 0 unspecified atom stereocenters. The Labute approximate surface area is 183 Å². The fourth-order valence-corrected chi connectivity index (χ4v) is 5.36. The highest BCUT2D eigenvalue weighted by atomic mass is 32.2. The molecule has 0 bridgehead atoms. The second kappa shape index (κ2) is 8.57. The first-order chi connectivity index (χ1) is 14.8. The maximum absolute atomic E-state index is 13.0. The summed E-state index contributed by atoms with van der Waals surface area (Å²) in [6.07, 6.45) is 7.85. The Balaban J connectivity index is 1.54. The van der Waals surface area contributed by atoms with Gasteiger partial charge in [0.2, 0.25) is 5.95 Å². The van der Waals surface area contributed by atoms with E-state index in [-0.39, 0.29) is 16.7 Å². The van der Waals surface area contributed by atoms with Crippen molar-refractivity contribution in [3.05, 3.63) is 29.3 Å². The van der Waals surface area contributed by atoms with E-state index in [0.29, 0.717) is 43.1 Å². The average molecular weight is 447 g/mol. The van der Waals surface area contributed by atoms with E-state index in [1.165, 1.54) is 12.5 Å². The number of aryl methyl sites for hydroxylation is 1. The number of piperidine rings is 1. The van der Waals surface area contributed by atoms with Crippen LogP contribution in [0.15, 0.2) is 17.3 Å². The van der Waals surface area contributed by atoms with Crippen LogP contribution in [-0.2, 0) is 16.4 Å². The van der Waals surface area contributed by atoms with E-state index in [1.54, 1.807) is 6.20 Å². The standard InChI is InChI=1S/C21H30N6O3S/c1-4-27-15(2)17(13-23-27)20(28)25-11-7-16(8-12-25)19-18(31(3,29)30)14-22-21(24-19)26-9-5-6-10-26/h13-14,16H,4-12H2,1-3H3. The minimum absolute atomic E-state index is 0.0144. The second-order valence-corrected chi connectivity index (χ2v) is 10.4. The summed E-state index contributed by atoms with van der Waals surface area (Å²) in [4.78, 5) is 26.2. The minimum atomic E-state index is -3.44. The lowest BCUT2D eigenvalue weighted by Gasteiger charge is -2.32. The van der Waals surface area contributed by atoms with Crippen LogP contribution in [0.2, 0.25) is 0 Å². The Kier molecular flexibility index (Phi) is 6.00. The SMILES string of the molecule is CCn1ncc(C(=O)N2CCC(c3nc(N4CCCC4)ncc3S(C)(=O)=O)CC2)c1C. The van der Waals surface area contributed by atoms with Gasteiger partial charge in [0.1, 0.15) is 4.90 Å². The molecule has 4 heterocycles. The highest BCUT2D eigenvalue weighted by Crippen LogP contribution is 2.33. The van der Waals surface area contributed by atoms with Crippen LogP contribution in [-0.4, -0.2) is 71.4 Å². The Morgan fingerprint density at radius 3 is 2.39 bits per heavy atom. The van der Waals surface area contributed by atoms with Gasteiger partial charge < -0.3 is 9.80 Å². The number of hydrogen-bond acceptors (Lipinski definition) is 7. The minimum Gasteiger partial charge on any atom is -0.341 e.